The molecule has 1 aromatic heterocycles. The molecule has 0 N–H and O–H groups in total. The number of sulfonamides is 1. The lowest BCUT2D eigenvalue weighted by Gasteiger charge is -2.35. The van der Waals surface area contributed by atoms with Crippen molar-refractivity contribution in [2.24, 2.45) is 0 Å². The fourth-order valence-corrected chi connectivity index (χ4v) is 5.08. The quantitative estimate of drug-likeness (QED) is 0.825. The summed E-state index contributed by atoms with van der Waals surface area (Å²) in [6.45, 7) is 5.60. The first-order valence-electron chi connectivity index (χ1n) is 8.94. The molecule has 0 bridgehead atoms. The zero-order chi connectivity index (χ0) is 18.4. The number of fused-ring (bicyclic) bond motifs is 2. The van der Waals surface area contributed by atoms with Crippen LogP contribution >= 0.6 is 0 Å². The Bertz CT molecular complexity index is 931. The van der Waals surface area contributed by atoms with Crippen LogP contribution in [0.15, 0.2) is 30.3 Å². The number of ether oxygens (including phenoxy) is 1. The standard InChI is InChI=1S/C19H23N3O3S/c1-3-26(23,24)22-10-9-19(12-22)13-25-11-16-14(2)20-18(21-17(16)19)15-7-5-4-6-8-15/h4-8H,3,9-13H2,1-2H3/t19-/m0/s1. The van der Waals surface area contributed by atoms with Crippen LogP contribution in [-0.2, 0) is 26.8 Å². The van der Waals surface area contributed by atoms with Crippen molar-refractivity contribution >= 4 is 10.0 Å². The predicted molar refractivity (Wildman–Crippen MR) is 99.2 cm³/mol. The molecule has 1 saturated heterocycles. The van der Waals surface area contributed by atoms with E-state index in [0.717, 1.165) is 28.9 Å². The number of nitrogens with zero attached hydrogens (tertiary/aromatic N) is 3. The summed E-state index contributed by atoms with van der Waals surface area (Å²) in [6.07, 6.45) is 0.726. The fraction of sp³-hybridized carbons (Fsp3) is 0.474. The number of rotatable bonds is 3. The van der Waals surface area contributed by atoms with Crippen molar-refractivity contribution in [1.82, 2.24) is 14.3 Å². The number of benzene rings is 1. The largest absolute Gasteiger partial charge is 0.376 e. The van der Waals surface area contributed by atoms with E-state index in [0.29, 0.717) is 32.1 Å². The van der Waals surface area contributed by atoms with Crippen LogP contribution in [0.4, 0.5) is 0 Å². The zero-order valence-electron chi connectivity index (χ0n) is 15.1. The SMILES string of the molecule is CCS(=O)(=O)N1CC[C@@]2(COCc3c(C)nc(-c4ccccc4)nc32)C1. The summed E-state index contributed by atoms with van der Waals surface area (Å²) in [7, 11) is -3.21. The molecule has 0 saturated carbocycles. The Morgan fingerprint density at radius 2 is 2.00 bits per heavy atom. The van der Waals surface area contributed by atoms with Gasteiger partial charge in [-0.05, 0) is 20.3 Å². The first kappa shape index (κ1) is 17.6. The first-order valence-corrected chi connectivity index (χ1v) is 10.5. The molecule has 2 aliphatic rings. The van der Waals surface area contributed by atoms with Gasteiger partial charge in [0.05, 0.1) is 30.1 Å². The molecule has 1 spiro atoms. The second kappa shape index (κ2) is 6.40. The molecule has 2 aliphatic heterocycles. The van der Waals surface area contributed by atoms with Crippen LogP contribution in [0.2, 0.25) is 0 Å². The highest BCUT2D eigenvalue weighted by molar-refractivity contribution is 7.89. The maximum absolute atomic E-state index is 12.3. The minimum atomic E-state index is -3.21. The van der Waals surface area contributed by atoms with Crippen molar-refractivity contribution in [2.75, 3.05) is 25.4 Å². The van der Waals surface area contributed by atoms with E-state index in [1.165, 1.54) is 0 Å². The molecular weight excluding hydrogens is 350 g/mol. The molecule has 0 amide bonds. The van der Waals surface area contributed by atoms with Crippen LogP contribution < -0.4 is 0 Å². The van der Waals surface area contributed by atoms with Gasteiger partial charge in [-0.1, -0.05) is 30.3 Å². The van der Waals surface area contributed by atoms with E-state index in [-0.39, 0.29) is 11.2 Å². The summed E-state index contributed by atoms with van der Waals surface area (Å²) in [5, 5.41) is 0. The Labute approximate surface area is 154 Å². The second-order valence-electron chi connectivity index (χ2n) is 7.08. The summed E-state index contributed by atoms with van der Waals surface area (Å²) >= 11 is 0. The Morgan fingerprint density at radius 1 is 1.23 bits per heavy atom. The lowest BCUT2D eigenvalue weighted by molar-refractivity contribution is 0.0527. The summed E-state index contributed by atoms with van der Waals surface area (Å²) in [6, 6.07) is 9.90. The fourth-order valence-electron chi connectivity index (χ4n) is 3.91. The van der Waals surface area contributed by atoms with Gasteiger partial charge in [-0.15, -0.1) is 0 Å². The molecule has 26 heavy (non-hydrogen) atoms. The average Bonchev–Trinajstić information content (AvgIpc) is 3.09. The summed E-state index contributed by atoms with van der Waals surface area (Å²) in [5.41, 5.74) is 3.46. The summed E-state index contributed by atoms with van der Waals surface area (Å²) < 4.78 is 32.1. The van der Waals surface area contributed by atoms with E-state index in [2.05, 4.69) is 4.98 Å². The molecule has 1 aromatic carbocycles. The highest BCUT2D eigenvalue weighted by atomic mass is 32.2. The van der Waals surface area contributed by atoms with Gasteiger partial charge in [-0.25, -0.2) is 22.7 Å². The zero-order valence-corrected chi connectivity index (χ0v) is 15.9. The van der Waals surface area contributed by atoms with Crippen LogP contribution in [-0.4, -0.2) is 48.1 Å². The van der Waals surface area contributed by atoms with Gasteiger partial charge in [0.25, 0.3) is 0 Å². The van der Waals surface area contributed by atoms with E-state index >= 15 is 0 Å². The number of aryl methyl sites for hydroxylation is 1. The van der Waals surface area contributed by atoms with Crippen molar-refractivity contribution in [3.63, 3.8) is 0 Å². The van der Waals surface area contributed by atoms with Crippen LogP contribution in [0.5, 0.6) is 0 Å². The van der Waals surface area contributed by atoms with Gasteiger partial charge in [-0.3, -0.25) is 0 Å². The third-order valence-corrected chi connectivity index (χ3v) is 7.28. The van der Waals surface area contributed by atoms with Gasteiger partial charge >= 0.3 is 0 Å². The molecule has 1 atom stereocenters. The van der Waals surface area contributed by atoms with Crippen molar-refractivity contribution in [3.8, 4) is 11.4 Å². The minimum absolute atomic E-state index is 0.120. The molecule has 1 fully saturated rings. The Morgan fingerprint density at radius 3 is 2.73 bits per heavy atom. The maximum atomic E-state index is 12.3. The second-order valence-corrected chi connectivity index (χ2v) is 9.34. The highest BCUT2D eigenvalue weighted by Gasteiger charge is 2.48. The minimum Gasteiger partial charge on any atom is -0.376 e. The molecule has 138 valence electrons. The summed E-state index contributed by atoms with van der Waals surface area (Å²) in [4.78, 5) is 9.58. The molecule has 0 aliphatic carbocycles. The third kappa shape index (κ3) is 2.84. The predicted octanol–water partition coefficient (Wildman–Crippen LogP) is 2.28. The van der Waals surface area contributed by atoms with Gasteiger partial charge in [0.2, 0.25) is 10.0 Å². The van der Waals surface area contributed by atoms with Crippen LogP contribution in [0.1, 0.15) is 30.3 Å². The Kier molecular flexibility index (Phi) is 4.33. The van der Waals surface area contributed by atoms with Gasteiger partial charge in [0, 0.05) is 29.9 Å². The topological polar surface area (TPSA) is 72.4 Å². The van der Waals surface area contributed by atoms with Crippen molar-refractivity contribution < 1.29 is 13.2 Å². The molecule has 6 nitrogen and oxygen atoms in total. The normalized spacial score (nSPS) is 23.3. The molecule has 7 heteroatoms. The molecule has 0 radical (unpaired) electrons. The van der Waals surface area contributed by atoms with Crippen molar-refractivity contribution in [3.05, 3.63) is 47.3 Å². The Hall–Kier alpha value is -1.83. The lowest BCUT2D eigenvalue weighted by Crippen LogP contribution is -2.42. The molecular formula is C19H23N3O3S. The van der Waals surface area contributed by atoms with Gasteiger partial charge < -0.3 is 4.74 Å². The van der Waals surface area contributed by atoms with E-state index < -0.39 is 10.0 Å². The van der Waals surface area contributed by atoms with E-state index in [4.69, 9.17) is 9.72 Å². The van der Waals surface area contributed by atoms with Gasteiger partial charge in [0.15, 0.2) is 5.82 Å². The lowest BCUT2D eigenvalue weighted by atomic mass is 9.80. The number of aromatic nitrogens is 2. The number of hydrogen-bond donors (Lipinski definition) is 0. The maximum Gasteiger partial charge on any atom is 0.213 e. The van der Waals surface area contributed by atoms with E-state index in [1.807, 2.05) is 37.3 Å². The van der Waals surface area contributed by atoms with Crippen LogP contribution in [0, 0.1) is 6.92 Å². The molecule has 2 aromatic rings. The summed E-state index contributed by atoms with van der Waals surface area (Å²) in [5.74, 6) is 0.814. The van der Waals surface area contributed by atoms with Crippen molar-refractivity contribution in [1.29, 1.82) is 0 Å². The van der Waals surface area contributed by atoms with Gasteiger partial charge in [-0.2, -0.15) is 0 Å². The van der Waals surface area contributed by atoms with E-state index in [9.17, 15) is 8.42 Å². The third-order valence-electron chi connectivity index (χ3n) is 5.45. The van der Waals surface area contributed by atoms with Crippen LogP contribution in [0.25, 0.3) is 11.4 Å². The van der Waals surface area contributed by atoms with Crippen LogP contribution in [0.3, 0.4) is 0 Å². The van der Waals surface area contributed by atoms with Gasteiger partial charge in [0.1, 0.15) is 0 Å². The average molecular weight is 373 g/mol. The first-order chi connectivity index (χ1) is 12.5. The van der Waals surface area contributed by atoms with Crippen molar-refractivity contribution in [2.45, 2.75) is 32.3 Å². The Balaban J connectivity index is 1.80. The smallest absolute Gasteiger partial charge is 0.213 e. The molecule has 0 unspecified atom stereocenters. The molecule has 4 rings (SSSR count). The monoisotopic (exact) mass is 373 g/mol. The highest BCUT2D eigenvalue weighted by Crippen LogP contribution is 2.41. The van der Waals surface area contributed by atoms with E-state index in [1.54, 1.807) is 11.2 Å². The molecule has 3 heterocycles. The number of hydrogen-bond acceptors (Lipinski definition) is 5.